The second-order valence-electron chi connectivity index (χ2n) is 19.0. The molecule has 0 spiro atoms. The van der Waals surface area contributed by atoms with Crippen LogP contribution < -0.4 is 5.32 Å². The van der Waals surface area contributed by atoms with E-state index in [9.17, 15) is 19.8 Å². The number of hydrogen-bond donors (Lipinski definition) is 3. The van der Waals surface area contributed by atoms with Crippen LogP contribution in [0.3, 0.4) is 0 Å². The molecule has 0 fully saturated rings. The zero-order valence-electron chi connectivity index (χ0n) is 41.3. The number of aliphatic hydroxyl groups is 2. The second-order valence-corrected chi connectivity index (χ2v) is 19.0. The Morgan fingerprint density at radius 1 is 0.459 bits per heavy atom. The van der Waals surface area contributed by atoms with Crippen molar-refractivity contribution in [3.63, 3.8) is 0 Å². The van der Waals surface area contributed by atoms with E-state index in [1.54, 1.807) is 0 Å². The summed E-state index contributed by atoms with van der Waals surface area (Å²) < 4.78 is 5.93. The van der Waals surface area contributed by atoms with E-state index in [4.69, 9.17) is 4.74 Å². The van der Waals surface area contributed by atoms with Crippen molar-refractivity contribution in [3.8, 4) is 0 Å². The fourth-order valence-corrected chi connectivity index (χ4v) is 8.66. The van der Waals surface area contributed by atoms with Gasteiger partial charge in [0.25, 0.3) is 0 Å². The molecule has 3 unspecified atom stereocenters. The number of carbonyl (C=O) groups excluding carboxylic acids is 2. The zero-order valence-corrected chi connectivity index (χ0v) is 41.3. The Bertz CT molecular complexity index is 924. The van der Waals surface area contributed by atoms with Gasteiger partial charge in [-0.05, 0) is 51.4 Å². The van der Waals surface area contributed by atoms with Crippen LogP contribution in [0.25, 0.3) is 0 Å². The minimum Gasteiger partial charge on any atom is -0.462 e. The Labute approximate surface area is 380 Å². The van der Waals surface area contributed by atoms with Crippen LogP contribution in [0.5, 0.6) is 0 Å². The zero-order chi connectivity index (χ0) is 44.5. The minimum absolute atomic E-state index is 0.0787. The van der Waals surface area contributed by atoms with Gasteiger partial charge in [-0.25, -0.2) is 0 Å². The number of rotatable bonds is 50. The molecule has 0 heterocycles. The largest absolute Gasteiger partial charge is 0.462 e. The third-order valence-electron chi connectivity index (χ3n) is 12.8. The average molecular weight is 862 g/mol. The maximum absolute atomic E-state index is 13.2. The summed E-state index contributed by atoms with van der Waals surface area (Å²) in [5, 5.41) is 23.8. The number of allylic oxidation sites excluding steroid dienone is 2. The lowest BCUT2D eigenvalue weighted by Gasteiger charge is -2.24. The molecule has 0 aliphatic rings. The van der Waals surface area contributed by atoms with Gasteiger partial charge in [0.15, 0.2) is 0 Å². The predicted molar refractivity (Wildman–Crippen MR) is 264 cm³/mol. The molecule has 0 radical (unpaired) electrons. The summed E-state index contributed by atoms with van der Waals surface area (Å²) in [5.41, 5.74) is 0. The standard InChI is InChI=1S/C55H107NO5/c1-4-7-10-13-16-19-22-24-26-27-28-29-32-35-38-41-44-47-53(58)52(50-57)56-54(59)49-51(46-43-40-37-34-31-21-18-15-12-9-6-3)61-55(60)48-45-42-39-36-33-30-25-23-20-17-14-11-8-5-2/h30,33,51-53,57-58H,4-29,31-32,34-50H2,1-3H3,(H,56,59)/b33-30-. The van der Waals surface area contributed by atoms with Gasteiger partial charge in [-0.1, -0.05) is 251 Å². The number of aliphatic hydroxyl groups excluding tert-OH is 2. The Kier molecular flexibility index (Phi) is 48.5. The summed E-state index contributed by atoms with van der Waals surface area (Å²) in [6, 6.07) is -0.698. The molecule has 6 nitrogen and oxygen atoms in total. The molecule has 0 aromatic heterocycles. The van der Waals surface area contributed by atoms with E-state index in [2.05, 4.69) is 38.2 Å². The second kappa shape index (κ2) is 49.6. The summed E-state index contributed by atoms with van der Waals surface area (Å²) in [4.78, 5) is 26.1. The van der Waals surface area contributed by atoms with Crippen molar-refractivity contribution in [1.29, 1.82) is 0 Å². The molecule has 0 aliphatic carbocycles. The fourth-order valence-electron chi connectivity index (χ4n) is 8.66. The first-order chi connectivity index (χ1) is 30.0. The van der Waals surface area contributed by atoms with Gasteiger partial charge in [-0.2, -0.15) is 0 Å². The van der Waals surface area contributed by atoms with Gasteiger partial charge in [-0.3, -0.25) is 9.59 Å². The summed E-state index contributed by atoms with van der Waals surface area (Å²) in [6.45, 7) is 6.50. The van der Waals surface area contributed by atoms with E-state index in [1.807, 2.05) is 0 Å². The van der Waals surface area contributed by atoms with Crippen LogP contribution >= 0.6 is 0 Å². The molecular formula is C55H107NO5. The molecule has 1 amide bonds. The van der Waals surface area contributed by atoms with Crippen molar-refractivity contribution in [3.05, 3.63) is 12.2 Å². The first kappa shape index (κ1) is 59.6. The molecule has 0 aromatic rings. The number of unbranched alkanes of at least 4 members (excludes halogenated alkanes) is 36. The first-order valence-corrected chi connectivity index (χ1v) is 27.4. The first-order valence-electron chi connectivity index (χ1n) is 27.4. The molecule has 0 saturated heterocycles. The highest BCUT2D eigenvalue weighted by atomic mass is 16.5. The van der Waals surface area contributed by atoms with Crippen LogP contribution in [-0.4, -0.2) is 46.9 Å². The van der Waals surface area contributed by atoms with Crippen molar-refractivity contribution in [2.24, 2.45) is 0 Å². The predicted octanol–water partition coefficient (Wildman–Crippen LogP) is 16.5. The number of nitrogens with one attached hydrogen (secondary N) is 1. The van der Waals surface area contributed by atoms with Crippen molar-refractivity contribution < 1.29 is 24.5 Å². The normalized spacial score (nSPS) is 13.2. The number of hydrogen-bond acceptors (Lipinski definition) is 5. The van der Waals surface area contributed by atoms with E-state index in [0.717, 1.165) is 51.4 Å². The van der Waals surface area contributed by atoms with Gasteiger partial charge in [0.2, 0.25) is 5.91 Å². The molecule has 6 heteroatoms. The molecule has 0 aromatic carbocycles. The van der Waals surface area contributed by atoms with Crippen molar-refractivity contribution in [2.45, 2.75) is 322 Å². The van der Waals surface area contributed by atoms with Crippen molar-refractivity contribution in [1.82, 2.24) is 5.32 Å². The van der Waals surface area contributed by atoms with Gasteiger partial charge >= 0.3 is 5.97 Å². The maximum Gasteiger partial charge on any atom is 0.306 e. The van der Waals surface area contributed by atoms with Gasteiger partial charge in [0, 0.05) is 6.42 Å². The lowest BCUT2D eigenvalue weighted by atomic mass is 10.0. The van der Waals surface area contributed by atoms with Crippen LogP contribution in [0.15, 0.2) is 12.2 Å². The summed E-state index contributed by atoms with van der Waals surface area (Å²) >= 11 is 0. The molecule has 0 aliphatic heterocycles. The third kappa shape index (κ3) is 45.0. The summed E-state index contributed by atoms with van der Waals surface area (Å²) in [5.74, 6) is -0.474. The average Bonchev–Trinajstić information content (AvgIpc) is 3.25. The Hall–Kier alpha value is -1.40. The van der Waals surface area contributed by atoms with Gasteiger partial charge in [0.1, 0.15) is 6.10 Å². The smallest absolute Gasteiger partial charge is 0.306 e. The Morgan fingerprint density at radius 3 is 1.16 bits per heavy atom. The molecule has 0 rings (SSSR count). The third-order valence-corrected chi connectivity index (χ3v) is 12.8. The van der Waals surface area contributed by atoms with Crippen LogP contribution in [0.2, 0.25) is 0 Å². The Balaban J connectivity index is 4.45. The van der Waals surface area contributed by atoms with E-state index < -0.39 is 18.2 Å². The Morgan fingerprint density at radius 2 is 0.787 bits per heavy atom. The highest BCUT2D eigenvalue weighted by Crippen LogP contribution is 2.19. The maximum atomic E-state index is 13.2. The SMILES string of the molecule is CCCCCCCCC/C=C\CCCCCC(=O)OC(CCCCCCCCCCCCC)CC(=O)NC(CO)C(O)CCCCCCCCCCCCCCCCCCC. The molecule has 3 N–H and O–H groups in total. The number of amides is 1. The van der Waals surface area contributed by atoms with Gasteiger partial charge in [0.05, 0.1) is 25.2 Å². The molecule has 3 atom stereocenters. The van der Waals surface area contributed by atoms with Crippen LogP contribution in [0.1, 0.15) is 303 Å². The quantitative estimate of drug-likeness (QED) is 0.0322. The topological polar surface area (TPSA) is 95.9 Å². The summed E-state index contributed by atoms with van der Waals surface area (Å²) in [6.07, 6.45) is 55.6. The van der Waals surface area contributed by atoms with Gasteiger partial charge in [-0.15, -0.1) is 0 Å². The van der Waals surface area contributed by atoms with E-state index in [-0.39, 0.29) is 24.9 Å². The van der Waals surface area contributed by atoms with Crippen molar-refractivity contribution >= 4 is 11.9 Å². The van der Waals surface area contributed by atoms with Crippen LogP contribution in [0.4, 0.5) is 0 Å². The summed E-state index contributed by atoms with van der Waals surface area (Å²) in [7, 11) is 0. The molecule has 61 heavy (non-hydrogen) atoms. The van der Waals surface area contributed by atoms with E-state index >= 15 is 0 Å². The van der Waals surface area contributed by atoms with E-state index in [0.29, 0.717) is 19.3 Å². The monoisotopic (exact) mass is 862 g/mol. The molecule has 0 saturated carbocycles. The fraction of sp³-hybridized carbons (Fsp3) is 0.927. The molecule has 0 bridgehead atoms. The number of ether oxygens (including phenoxy) is 1. The van der Waals surface area contributed by atoms with Gasteiger partial charge < -0.3 is 20.3 Å². The minimum atomic E-state index is -0.784. The van der Waals surface area contributed by atoms with Crippen molar-refractivity contribution in [2.75, 3.05) is 6.61 Å². The van der Waals surface area contributed by atoms with E-state index in [1.165, 1.54) is 205 Å². The molecular weight excluding hydrogens is 755 g/mol. The highest BCUT2D eigenvalue weighted by Gasteiger charge is 2.24. The van der Waals surface area contributed by atoms with Crippen LogP contribution in [-0.2, 0) is 14.3 Å². The number of carbonyl (C=O) groups is 2. The highest BCUT2D eigenvalue weighted by molar-refractivity contribution is 5.77. The molecule has 362 valence electrons. The lowest BCUT2D eigenvalue weighted by molar-refractivity contribution is -0.151. The lowest BCUT2D eigenvalue weighted by Crippen LogP contribution is -2.46. The van der Waals surface area contributed by atoms with Crippen LogP contribution in [0, 0.1) is 0 Å². The number of esters is 1.